The lowest BCUT2D eigenvalue weighted by molar-refractivity contribution is -0.125. The quantitative estimate of drug-likeness (QED) is 0.813. The van der Waals surface area contributed by atoms with Gasteiger partial charge in [0, 0.05) is 38.9 Å². The average Bonchev–Trinajstić information content (AvgIpc) is 2.59. The van der Waals surface area contributed by atoms with Gasteiger partial charge in [0.25, 0.3) is 0 Å². The van der Waals surface area contributed by atoms with Crippen LogP contribution in [0.4, 0.5) is 5.82 Å². The average molecular weight is 299 g/mol. The molecule has 1 amide bonds. The van der Waals surface area contributed by atoms with Crippen LogP contribution in [0.3, 0.4) is 0 Å². The molecule has 1 atom stereocenters. The molecule has 1 aromatic heterocycles. The van der Waals surface area contributed by atoms with E-state index < -0.39 is 0 Å². The molecular weight excluding hydrogens is 278 g/mol. The van der Waals surface area contributed by atoms with Crippen molar-refractivity contribution in [1.82, 2.24) is 15.2 Å². The fraction of sp³-hybridized carbons (Fsp3) is 0.438. The van der Waals surface area contributed by atoms with E-state index in [0.717, 1.165) is 32.0 Å². The second-order valence-electron chi connectivity index (χ2n) is 5.25. The summed E-state index contributed by atoms with van der Waals surface area (Å²) in [4.78, 5) is 20.6. The maximum atomic E-state index is 12.0. The molecule has 1 aliphatic rings. The molecule has 0 saturated carbocycles. The molecule has 2 rings (SSSR count). The highest BCUT2D eigenvalue weighted by atomic mass is 16.2. The Labute approximate surface area is 131 Å². The van der Waals surface area contributed by atoms with Crippen LogP contribution in [0, 0.1) is 11.3 Å². The van der Waals surface area contributed by atoms with E-state index in [1.165, 1.54) is 0 Å². The van der Waals surface area contributed by atoms with Gasteiger partial charge in [-0.3, -0.25) is 9.69 Å². The van der Waals surface area contributed by atoms with Crippen molar-refractivity contribution < 1.29 is 4.79 Å². The standard InChI is InChI=1S/C16H21N5O/c1-3-5-19-16(22)13(2)20-7-9-21(10-8-20)15-11-14(12-17)4-6-18-15/h3-4,6,11,13H,1,5,7-10H2,2H3,(H,19,22)/t13-/m1/s1. The van der Waals surface area contributed by atoms with Gasteiger partial charge in [0.2, 0.25) is 5.91 Å². The minimum Gasteiger partial charge on any atom is -0.354 e. The monoisotopic (exact) mass is 299 g/mol. The number of rotatable bonds is 5. The van der Waals surface area contributed by atoms with Crippen LogP contribution in [0.15, 0.2) is 31.0 Å². The van der Waals surface area contributed by atoms with E-state index in [1.54, 1.807) is 24.4 Å². The molecule has 22 heavy (non-hydrogen) atoms. The predicted octanol–water partition coefficient (Wildman–Crippen LogP) is 0.766. The van der Waals surface area contributed by atoms with Gasteiger partial charge >= 0.3 is 0 Å². The first-order chi connectivity index (χ1) is 10.7. The van der Waals surface area contributed by atoms with E-state index >= 15 is 0 Å². The van der Waals surface area contributed by atoms with Gasteiger partial charge in [-0.25, -0.2) is 4.98 Å². The van der Waals surface area contributed by atoms with E-state index in [4.69, 9.17) is 5.26 Å². The summed E-state index contributed by atoms with van der Waals surface area (Å²) in [5.41, 5.74) is 0.615. The zero-order valence-corrected chi connectivity index (χ0v) is 12.8. The largest absolute Gasteiger partial charge is 0.354 e. The van der Waals surface area contributed by atoms with Crippen molar-refractivity contribution in [2.24, 2.45) is 0 Å². The van der Waals surface area contributed by atoms with Gasteiger partial charge in [-0.15, -0.1) is 6.58 Å². The fourth-order valence-corrected chi connectivity index (χ4v) is 2.49. The molecule has 1 N–H and O–H groups in total. The lowest BCUT2D eigenvalue weighted by Gasteiger charge is -2.37. The second kappa shape index (κ2) is 7.57. The number of nitriles is 1. The zero-order valence-electron chi connectivity index (χ0n) is 12.8. The Morgan fingerprint density at radius 3 is 2.91 bits per heavy atom. The number of nitrogens with zero attached hydrogens (tertiary/aromatic N) is 4. The Balaban J connectivity index is 1.91. The van der Waals surface area contributed by atoms with E-state index in [-0.39, 0.29) is 11.9 Å². The topological polar surface area (TPSA) is 72.3 Å². The van der Waals surface area contributed by atoms with Crippen LogP contribution in [-0.2, 0) is 4.79 Å². The van der Waals surface area contributed by atoms with Crippen LogP contribution in [0.2, 0.25) is 0 Å². The van der Waals surface area contributed by atoms with Crippen LogP contribution < -0.4 is 10.2 Å². The molecule has 0 aromatic carbocycles. The number of aromatic nitrogens is 1. The summed E-state index contributed by atoms with van der Waals surface area (Å²) >= 11 is 0. The highest BCUT2D eigenvalue weighted by Gasteiger charge is 2.25. The molecule has 0 spiro atoms. The Bertz CT molecular complexity index is 572. The minimum atomic E-state index is -0.152. The van der Waals surface area contributed by atoms with Gasteiger partial charge in [-0.1, -0.05) is 6.08 Å². The van der Waals surface area contributed by atoms with Crippen molar-refractivity contribution in [3.63, 3.8) is 0 Å². The van der Waals surface area contributed by atoms with Crippen LogP contribution in [0.5, 0.6) is 0 Å². The highest BCUT2D eigenvalue weighted by Crippen LogP contribution is 2.15. The summed E-state index contributed by atoms with van der Waals surface area (Å²) in [6.45, 7) is 9.18. The molecule has 6 nitrogen and oxygen atoms in total. The summed E-state index contributed by atoms with van der Waals surface area (Å²) in [7, 11) is 0. The molecule has 1 saturated heterocycles. The first-order valence-electron chi connectivity index (χ1n) is 7.39. The molecule has 0 bridgehead atoms. The molecule has 1 aliphatic heterocycles. The Morgan fingerprint density at radius 2 is 2.27 bits per heavy atom. The summed E-state index contributed by atoms with van der Waals surface area (Å²) in [6.07, 6.45) is 3.34. The number of anilines is 1. The normalized spacial score (nSPS) is 16.6. The van der Waals surface area contributed by atoms with Gasteiger partial charge < -0.3 is 10.2 Å². The second-order valence-corrected chi connectivity index (χ2v) is 5.25. The van der Waals surface area contributed by atoms with Crippen molar-refractivity contribution in [2.45, 2.75) is 13.0 Å². The number of piperazine rings is 1. The van der Waals surface area contributed by atoms with Crippen LogP contribution in [-0.4, -0.2) is 54.6 Å². The molecule has 1 aromatic rings. The van der Waals surface area contributed by atoms with Crippen LogP contribution in [0.25, 0.3) is 0 Å². The van der Waals surface area contributed by atoms with Crippen molar-refractivity contribution in [2.75, 3.05) is 37.6 Å². The van der Waals surface area contributed by atoms with Gasteiger partial charge in [0.15, 0.2) is 0 Å². The number of carbonyl (C=O) groups is 1. The summed E-state index contributed by atoms with van der Waals surface area (Å²) < 4.78 is 0. The van der Waals surface area contributed by atoms with Crippen LogP contribution >= 0.6 is 0 Å². The van der Waals surface area contributed by atoms with Crippen molar-refractivity contribution in [1.29, 1.82) is 5.26 Å². The molecule has 0 radical (unpaired) electrons. The fourth-order valence-electron chi connectivity index (χ4n) is 2.49. The third kappa shape index (κ3) is 3.83. The molecule has 116 valence electrons. The molecule has 0 unspecified atom stereocenters. The van der Waals surface area contributed by atoms with Gasteiger partial charge in [-0.05, 0) is 19.1 Å². The lowest BCUT2D eigenvalue weighted by Crippen LogP contribution is -2.54. The number of hydrogen-bond acceptors (Lipinski definition) is 5. The third-order valence-electron chi connectivity index (χ3n) is 3.86. The number of nitrogens with one attached hydrogen (secondary N) is 1. The van der Waals surface area contributed by atoms with Crippen LogP contribution in [0.1, 0.15) is 12.5 Å². The van der Waals surface area contributed by atoms with Crippen molar-refractivity contribution >= 4 is 11.7 Å². The Morgan fingerprint density at radius 1 is 1.55 bits per heavy atom. The highest BCUT2D eigenvalue weighted by molar-refractivity contribution is 5.81. The summed E-state index contributed by atoms with van der Waals surface area (Å²) in [6, 6.07) is 5.48. The minimum absolute atomic E-state index is 0.0259. The van der Waals surface area contributed by atoms with E-state index in [0.29, 0.717) is 12.1 Å². The van der Waals surface area contributed by atoms with E-state index in [2.05, 4.69) is 32.7 Å². The first-order valence-corrected chi connectivity index (χ1v) is 7.39. The molecule has 1 fully saturated rings. The first kappa shape index (κ1) is 16.0. The zero-order chi connectivity index (χ0) is 15.9. The third-order valence-corrected chi connectivity index (χ3v) is 3.86. The Kier molecular flexibility index (Phi) is 5.50. The van der Waals surface area contributed by atoms with Gasteiger partial charge in [0.05, 0.1) is 17.7 Å². The number of hydrogen-bond donors (Lipinski definition) is 1. The van der Waals surface area contributed by atoms with Crippen molar-refractivity contribution in [3.05, 3.63) is 36.5 Å². The van der Waals surface area contributed by atoms with Crippen molar-refractivity contribution in [3.8, 4) is 6.07 Å². The van der Waals surface area contributed by atoms with Gasteiger partial charge in [0.1, 0.15) is 5.82 Å². The maximum absolute atomic E-state index is 12.0. The summed E-state index contributed by atoms with van der Waals surface area (Å²) in [5.74, 6) is 0.848. The van der Waals surface area contributed by atoms with E-state index in [9.17, 15) is 4.79 Å². The Hall–Kier alpha value is -2.39. The SMILES string of the molecule is C=CCNC(=O)[C@@H](C)N1CCN(c2cc(C#N)ccn2)CC1. The predicted molar refractivity (Wildman–Crippen MR) is 85.4 cm³/mol. The van der Waals surface area contributed by atoms with E-state index in [1.807, 2.05) is 6.92 Å². The number of amides is 1. The van der Waals surface area contributed by atoms with Gasteiger partial charge in [-0.2, -0.15) is 5.26 Å². The molecule has 2 heterocycles. The lowest BCUT2D eigenvalue weighted by atomic mass is 10.2. The summed E-state index contributed by atoms with van der Waals surface area (Å²) in [5, 5.41) is 11.8. The molecule has 0 aliphatic carbocycles. The number of pyridine rings is 1. The smallest absolute Gasteiger partial charge is 0.237 e. The maximum Gasteiger partial charge on any atom is 0.237 e. The molecular formula is C16H21N5O. The number of carbonyl (C=O) groups excluding carboxylic acids is 1. The molecule has 6 heteroatoms.